The number of sulfonamides is 1. The van der Waals surface area contributed by atoms with Gasteiger partial charge in [-0.15, -0.1) is 0 Å². The second kappa shape index (κ2) is 10.3. The average molecular weight is 506 g/mol. The number of aryl methyl sites for hydroxylation is 1. The Morgan fingerprint density at radius 2 is 1.71 bits per heavy atom. The Hall–Kier alpha value is -2.73. The van der Waals surface area contributed by atoms with Gasteiger partial charge in [-0.25, -0.2) is 8.42 Å². The van der Waals surface area contributed by atoms with Gasteiger partial charge in [-0.3, -0.25) is 4.79 Å². The first-order valence-corrected chi connectivity index (χ1v) is 13.2. The summed E-state index contributed by atoms with van der Waals surface area (Å²) in [4.78, 5) is 18.0. The van der Waals surface area contributed by atoms with Crippen molar-refractivity contribution < 1.29 is 27.4 Å². The number of aromatic nitrogens is 1. The SMILES string of the molecule is CCCn1c(=NC(=O)c2ccc(S(=O)(=O)N3CCOCC3)cc2)sc2c(OC)ccc(OC)c21. The molecule has 0 unspecified atom stereocenters. The van der Waals surface area contributed by atoms with Gasteiger partial charge < -0.3 is 18.8 Å². The van der Waals surface area contributed by atoms with Gasteiger partial charge in [0, 0.05) is 25.2 Å². The van der Waals surface area contributed by atoms with Crippen LogP contribution in [0.5, 0.6) is 11.5 Å². The lowest BCUT2D eigenvalue weighted by Gasteiger charge is -2.26. The van der Waals surface area contributed by atoms with Crippen molar-refractivity contribution in [2.24, 2.45) is 4.99 Å². The Bertz CT molecular complexity index is 1350. The average Bonchev–Trinajstić information content (AvgIpc) is 3.22. The Morgan fingerprint density at radius 3 is 2.32 bits per heavy atom. The van der Waals surface area contributed by atoms with Crippen LogP contribution in [0.3, 0.4) is 0 Å². The van der Waals surface area contributed by atoms with E-state index >= 15 is 0 Å². The second-order valence-corrected chi connectivity index (χ2v) is 10.6. The van der Waals surface area contributed by atoms with Crippen molar-refractivity contribution in [1.29, 1.82) is 0 Å². The summed E-state index contributed by atoms with van der Waals surface area (Å²) in [5.74, 6) is 0.897. The fourth-order valence-electron chi connectivity index (χ4n) is 3.83. The zero-order valence-corrected chi connectivity index (χ0v) is 20.9. The highest BCUT2D eigenvalue weighted by Gasteiger charge is 2.26. The normalized spacial score (nSPS) is 15.6. The molecule has 0 radical (unpaired) electrons. The van der Waals surface area contributed by atoms with Gasteiger partial charge in [0.2, 0.25) is 10.0 Å². The van der Waals surface area contributed by atoms with E-state index < -0.39 is 15.9 Å². The summed E-state index contributed by atoms with van der Waals surface area (Å²) in [7, 11) is -0.431. The van der Waals surface area contributed by atoms with Gasteiger partial charge in [0.15, 0.2) is 4.80 Å². The van der Waals surface area contributed by atoms with Crippen LogP contribution in [0, 0.1) is 0 Å². The van der Waals surface area contributed by atoms with E-state index in [1.165, 1.54) is 39.9 Å². The number of hydrogen-bond acceptors (Lipinski definition) is 7. The third-order valence-electron chi connectivity index (χ3n) is 5.55. The van der Waals surface area contributed by atoms with Crippen molar-refractivity contribution in [3.8, 4) is 11.5 Å². The van der Waals surface area contributed by atoms with Crippen molar-refractivity contribution in [2.45, 2.75) is 24.8 Å². The summed E-state index contributed by atoms with van der Waals surface area (Å²) in [6, 6.07) is 9.55. The van der Waals surface area contributed by atoms with E-state index in [0.717, 1.165) is 16.6 Å². The molecule has 1 aliphatic rings. The lowest BCUT2D eigenvalue weighted by Crippen LogP contribution is -2.40. The summed E-state index contributed by atoms with van der Waals surface area (Å²) in [5, 5.41) is 0. The molecule has 9 nitrogen and oxygen atoms in total. The molecule has 0 N–H and O–H groups in total. The largest absolute Gasteiger partial charge is 0.495 e. The number of benzene rings is 2. The van der Waals surface area contributed by atoms with Crippen LogP contribution < -0.4 is 14.3 Å². The molecule has 11 heteroatoms. The number of methoxy groups -OCH3 is 2. The molecule has 4 rings (SSSR count). The maximum atomic E-state index is 13.0. The summed E-state index contributed by atoms with van der Waals surface area (Å²) in [5.41, 5.74) is 1.13. The standard InChI is InChI=1S/C23H27N3O6S2/c1-4-11-26-20-18(30-2)9-10-19(31-3)21(20)33-23(26)24-22(27)16-5-7-17(8-6-16)34(28,29)25-12-14-32-15-13-25/h5-10H,4,11-15H2,1-3H3. The second-order valence-electron chi connectivity index (χ2n) is 7.64. The number of thiazole rings is 1. The lowest BCUT2D eigenvalue weighted by molar-refractivity contribution is 0.0730. The van der Waals surface area contributed by atoms with Crippen molar-refractivity contribution >= 4 is 37.5 Å². The van der Waals surface area contributed by atoms with E-state index in [1.54, 1.807) is 14.2 Å². The predicted octanol–water partition coefficient (Wildman–Crippen LogP) is 2.89. The number of ether oxygens (including phenoxy) is 3. The third kappa shape index (κ3) is 4.61. The smallest absolute Gasteiger partial charge is 0.279 e. The first-order valence-electron chi connectivity index (χ1n) is 10.9. The quantitative estimate of drug-likeness (QED) is 0.490. The fourth-order valence-corrected chi connectivity index (χ4v) is 6.40. The molecule has 0 saturated carbocycles. The van der Waals surface area contributed by atoms with E-state index in [2.05, 4.69) is 4.99 Å². The van der Waals surface area contributed by atoms with Gasteiger partial charge in [-0.05, 0) is 42.8 Å². The van der Waals surface area contributed by atoms with Gasteiger partial charge in [-0.2, -0.15) is 9.30 Å². The van der Waals surface area contributed by atoms with Gasteiger partial charge in [0.05, 0.1) is 32.3 Å². The van der Waals surface area contributed by atoms with E-state index in [1.807, 2.05) is 23.6 Å². The Morgan fingerprint density at radius 1 is 1.06 bits per heavy atom. The Kier molecular flexibility index (Phi) is 7.36. The maximum Gasteiger partial charge on any atom is 0.279 e. The van der Waals surface area contributed by atoms with E-state index in [4.69, 9.17) is 14.2 Å². The van der Waals surface area contributed by atoms with E-state index in [9.17, 15) is 13.2 Å². The van der Waals surface area contributed by atoms with Gasteiger partial charge in [-0.1, -0.05) is 18.3 Å². The first kappa shape index (κ1) is 24.4. The van der Waals surface area contributed by atoms with Crippen molar-refractivity contribution in [2.75, 3.05) is 40.5 Å². The monoisotopic (exact) mass is 505 g/mol. The molecule has 2 aromatic carbocycles. The van der Waals surface area contributed by atoms with E-state index in [0.29, 0.717) is 54.7 Å². The zero-order chi connectivity index (χ0) is 24.3. The van der Waals surface area contributed by atoms with Crippen LogP contribution in [0.1, 0.15) is 23.7 Å². The van der Waals surface area contributed by atoms with Crippen LogP contribution in [0.25, 0.3) is 10.2 Å². The van der Waals surface area contributed by atoms with Gasteiger partial charge in [0.25, 0.3) is 5.91 Å². The van der Waals surface area contributed by atoms with Crippen LogP contribution >= 0.6 is 11.3 Å². The minimum atomic E-state index is -3.63. The molecule has 1 aromatic heterocycles. The number of hydrogen-bond donors (Lipinski definition) is 0. The van der Waals surface area contributed by atoms with Crippen molar-refractivity contribution in [3.63, 3.8) is 0 Å². The molecule has 1 fully saturated rings. The third-order valence-corrected chi connectivity index (χ3v) is 8.55. The molecule has 182 valence electrons. The number of carbonyl (C=O) groups excluding carboxylic acids is 1. The topological polar surface area (TPSA) is 99.4 Å². The first-order chi connectivity index (χ1) is 16.4. The predicted molar refractivity (Wildman–Crippen MR) is 129 cm³/mol. The van der Waals surface area contributed by atoms with Crippen LogP contribution in [-0.4, -0.2) is 63.7 Å². The summed E-state index contributed by atoms with van der Waals surface area (Å²) >= 11 is 1.35. The van der Waals surface area contributed by atoms with Crippen molar-refractivity contribution in [1.82, 2.24) is 8.87 Å². The molecule has 1 amide bonds. The number of carbonyl (C=O) groups is 1. The number of fused-ring (bicyclic) bond motifs is 1. The molecule has 0 spiro atoms. The van der Waals surface area contributed by atoms with Crippen LogP contribution in [0.15, 0.2) is 46.3 Å². The Labute approximate surface area is 202 Å². The summed E-state index contributed by atoms with van der Waals surface area (Å²) in [6.07, 6.45) is 0.835. The highest BCUT2D eigenvalue weighted by atomic mass is 32.2. The molecule has 0 aliphatic carbocycles. The number of rotatable bonds is 7. The molecule has 2 heterocycles. The minimum Gasteiger partial charge on any atom is -0.495 e. The van der Waals surface area contributed by atoms with Crippen molar-refractivity contribution in [3.05, 3.63) is 46.8 Å². The molecule has 0 atom stereocenters. The molecule has 1 aliphatic heterocycles. The molecule has 1 saturated heterocycles. The van der Waals surface area contributed by atoms with Gasteiger partial charge >= 0.3 is 0 Å². The maximum absolute atomic E-state index is 13.0. The Balaban J connectivity index is 1.71. The number of nitrogens with zero attached hydrogens (tertiary/aromatic N) is 3. The number of amides is 1. The minimum absolute atomic E-state index is 0.142. The summed E-state index contributed by atoms with van der Waals surface area (Å²) < 4.78 is 46.1. The van der Waals surface area contributed by atoms with Crippen LogP contribution in [0.4, 0.5) is 0 Å². The lowest BCUT2D eigenvalue weighted by atomic mass is 10.2. The molecular formula is C23H27N3O6S2. The van der Waals surface area contributed by atoms with Crippen LogP contribution in [0.2, 0.25) is 0 Å². The highest BCUT2D eigenvalue weighted by Crippen LogP contribution is 2.35. The van der Waals surface area contributed by atoms with Gasteiger partial charge in [0.1, 0.15) is 21.7 Å². The zero-order valence-electron chi connectivity index (χ0n) is 19.3. The van der Waals surface area contributed by atoms with E-state index in [-0.39, 0.29) is 4.90 Å². The molecule has 0 bridgehead atoms. The fraction of sp³-hybridized carbons (Fsp3) is 0.391. The number of morpholine rings is 1. The molecular weight excluding hydrogens is 478 g/mol. The summed E-state index contributed by atoms with van der Waals surface area (Å²) in [6.45, 7) is 4.06. The van der Waals surface area contributed by atoms with Crippen LogP contribution in [-0.2, 0) is 21.3 Å². The molecule has 3 aromatic rings. The molecule has 34 heavy (non-hydrogen) atoms. The highest BCUT2D eigenvalue weighted by molar-refractivity contribution is 7.89.